The van der Waals surface area contributed by atoms with Crippen LogP contribution >= 0.6 is 11.8 Å². The van der Waals surface area contributed by atoms with Crippen molar-refractivity contribution in [2.24, 2.45) is 0 Å². The smallest absolute Gasteiger partial charge is 0.351 e. The summed E-state index contributed by atoms with van der Waals surface area (Å²) in [5, 5.41) is 7.49. The lowest BCUT2D eigenvalue weighted by atomic mass is 10.1. The number of anilines is 3. The highest BCUT2D eigenvalue weighted by Gasteiger charge is 2.30. The molecular formula is C22H16ClF3N6O. The van der Waals surface area contributed by atoms with E-state index in [0.29, 0.717) is 33.8 Å². The van der Waals surface area contributed by atoms with Gasteiger partial charge in [-0.2, -0.15) is 13.2 Å². The van der Waals surface area contributed by atoms with E-state index in [9.17, 15) is 18.0 Å². The summed E-state index contributed by atoms with van der Waals surface area (Å²) in [6.45, 7) is 0. The number of hydrogen-bond donors (Lipinski definition) is 3. The largest absolute Gasteiger partial charge is 0.416 e. The third-order valence-electron chi connectivity index (χ3n) is 5.24. The van der Waals surface area contributed by atoms with Gasteiger partial charge in [-0.15, -0.1) is 0 Å². The number of pyridine rings is 1. The zero-order chi connectivity index (χ0) is 23.2. The minimum atomic E-state index is -4.48. The van der Waals surface area contributed by atoms with Crippen LogP contribution in [0.5, 0.6) is 0 Å². The van der Waals surface area contributed by atoms with Gasteiger partial charge < -0.3 is 10.6 Å². The van der Waals surface area contributed by atoms with Crippen molar-refractivity contribution in [3.8, 4) is 0 Å². The topological polar surface area (TPSA) is 91.8 Å². The van der Waals surface area contributed by atoms with Crippen LogP contribution in [0.3, 0.4) is 0 Å². The van der Waals surface area contributed by atoms with Gasteiger partial charge in [-0.25, -0.2) is 15.0 Å². The summed E-state index contributed by atoms with van der Waals surface area (Å²) >= 11 is 5.44. The number of benzene rings is 2. The summed E-state index contributed by atoms with van der Waals surface area (Å²) in [7, 11) is 0. The molecule has 4 aromatic rings. The van der Waals surface area contributed by atoms with Crippen molar-refractivity contribution in [1.82, 2.24) is 19.8 Å². The van der Waals surface area contributed by atoms with E-state index in [0.717, 1.165) is 25.0 Å². The highest BCUT2D eigenvalue weighted by atomic mass is 35.5. The van der Waals surface area contributed by atoms with Gasteiger partial charge in [0.25, 0.3) is 5.91 Å². The molecule has 0 aliphatic heterocycles. The van der Waals surface area contributed by atoms with Crippen molar-refractivity contribution in [2.75, 3.05) is 10.6 Å². The maximum Gasteiger partial charge on any atom is 0.416 e. The van der Waals surface area contributed by atoms with E-state index < -0.39 is 17.6 Å². The molecule has 2 aromatic carbocycles. The molecule has 1 saturated carbocycles. The molecule has 0 spiro atoms. The fourth-order valence-corrected chi connectivity index (χ4v) is 3.57. The predicted octanol–water partition coefficient (Wildman–Crippen LogP) is 5.40. The third-order valence-corrected chi connectivity index (χ3v) is 5.42. The predicted molar refractivity (Wildman–Crippen MR) is 120 cm³/mol. The number of amides is 1. The van der Waals surface area contributed by atoms with Crippen LogP contribution in [0.4, 0.5) is 30.6 Å². The number of halogens is 4. The maximum atomic E-state index is 13.2. The van der Waals surface area contributed by atoms with Crippen LogP contribution in [0, 0.1) is 0 Å². The highest BCUT2D eigenvalue weighted by Crippen LogP contribution is 2.34. The summed E-state index contributed by atoms with van der Waals surface area (Å²) < 4.78 is 39.5. The Bertz CT molecular complexity index is 1390. The standard InChI is InChI=1S/C22H16ClF3N6O/c23-32-20(33)11-4-7-15-16-10-27-21(29-13-5-6-13)31-18(16)19(30-17(15)8-11)28-14-3-1-2-12(9-14)22(24,25)26/h1-4,7-10,13H,5-6H2,(H,28,30)(H,32,33)(H,27,29,31). The lowest BCUT2D eigenvalue weighted by molar-refractivity contribution is -0.137. The summed E-state index contributed by atoms with van der Waals surface area (Å²) in [4.78, 5) is 27.5. The molecule has 1 aliphatic rings. The molecule has 11 heteroatoms. The van der Waals surface area contributed by atoms with E-state index in [-0.39, 0.29) is 17.1 Å². The second-order valence-corrected chi connectivity index (χ2v) is 7.88. The number of fused-ring (bicyclic) bond motifs is 3. The van der Waals surface area contributed by atoms with Crippen molar-refractivity contribution >= 4 is 56.9 Å². The number of carbonyl (C=O) groups excluding carboxylic acids is 1. The average molecular weight is 473 g/mol. The molecule has 0 radical (unpaired) electrons. The number of rotatable bonds is 5. The Kier molecular flexibility index (Phi) is 5.16. The third kappa shape index (κ3) is 4.34. The first-order chi connectivity index (χ1) is 15.8. The van der Waals surface area contributed by atoms with E-state index in [2.05, 4.69) is 25.6 Å². The molecule has 3 N–H and O–H groups in total. The maximum absolute atomic E-state index is 13.2. The van der Waals surface area contributed by atoms with E-state index in [1.54, 1.807) is 24.4 Å². The molecule has 1 fully saturated rings. The van der Waals surface area contributed by atoms with Gasteiger partial charge in [-0.1, -0.05) is 12.1 Å². The van der Waals surface area contributed by atoms with Crippen molar-refractivity contribution in [3.63, 3.8) is 0 Å². The van der Waals surface area contributed by atoms with Gasteiger partial charge in [0.2, 0.25) is 5.95 Å². The number of nitrogens with one attached hydrogen (secondary N) is 3. The average Bonchev–Trinajstić information content (AvgIpc) is 3.62. The number of aromatic nitrogens is 3. The fourth-order valence-electron chi connectivity index (χ4n) is 3.46. The Labute approximate surface area is 190 Å². The van der Waals surface area contributed by atoms with E-state index in [1.165, 1.54) is 12.1 Å². The van der Waals surface area contributed by atoms with Crippen LogP contribution < -0.4 is 15.5 Å². The van der Waals surface area contributed by atoms with Crippen LogP contribution in [-0.2, 0) is 6.18 Å². The summed E-state index contributed by atoms with van der Waals surface area (Å²) in [6.07, 6.45) is -0.796. The minimum absolute atomic E-state index is 0.197. The number of nitrogens with zero attached hydrogens (tertiary/aromatic N) is 3. The van der Waals surface area contributed by atoms with Crippen molar-refractivity contribution in [3.05, 3.63) is 59.8 Å². The van der Waals surface area contributed by atoms with Crippen molar-refractivity contribution in [2.45, 2.75) is 25.1 Å². The Morgan fingerprint density at radius 2 is 1.88 bits per heavy atom. The van der Waals surface area contributed by atoms with Gasteiger partial charge in [-0.3, -0.25) is 9.63 Å². The van der Waals surface area contributed by atoms with Gasteiger partial charge in [0, 0.05) is 46.0 Å². The molecule has 33 heavy (non-hydrogen) atoms. The lowest BCUT2D eigenvalue weighted by Crippen LogP contribution is -2.12. The van der Waals surface area contributed by atoms with Gasteiger partial charge in [0.15, 0.2) is 5.82 Å². The Hall–Kier alpha value is -3.66. The molecule has 0 saturated heterocycles. The van der Waals surface area contributed by atoms with Crippen LogP contribution in [-0.4, -0.2) is 26.9 Å². The Balaban J connectivity index is 1.66. The second kappa shape index (κ2) is 8.04. The number of hydrogen-bond acceptors (Lipinski definition) is 6. The first-order valence-electron chi connectivity index (χ1n) is 10.0. The molecule has 168 valence electrons. The zero-order valence-corrected chi connectivity index (χ0v) is 17.6. The lowest BCUT2D eigenvalue weighted by Gasteiger charge is -2.14. The van der Waals surface area contributed by atoms with E-state index >= 15 is 0 Å². The molecule has 5 rings (SSSR count). The molecule has 1 amide bonds. The minimum Gasteiger partial charge on any atom is -0.351 e. The fraction of sp³-hybridized carbons (Fsp3) is 0.182. The Morgan fingerprint density at radius 1 is 1.06 bits per heavy atom. The number of alkyl halides is 3. The van der Waals surface area contributed by atoms with Crippen molar-refractivity contribution in [1.29, 1.82) is 0 Å². The van der Waals surface area contributed by atoms with Crippen molar-refractivity contribution < 1.29 is 18.0 Å². The molecule has 2 aromatic heterocycles. The molecule has 2 heterocycles. The highest BCUT2D eigenvalue weighted by molar-refractivity contribution is 6.24. The molecular weight excluding hydrogens is 457 g/mol. The van der Waals surface area contributed by atoms with E-state index in [1.807, 2.05) is 4.84 Å². The summed E-state index contributed by atoms with van der Waals surface area (Å²) in [5.74, 6) is 0.144. The molecule has 1 aliphatic carbocycles. The Morgan fingerprint density at radius 3 is 2.61 bits per heavy atom. The van der Waals surface area contributed by atoms with Gasteiger partial charge in [0.1, 0.15) is 5.52 Å². The second-order valence-electron chi connectivity index (χ2n) is 7.69. The first-order valence-corrected chi connectivity index (χ1v) is 10.4. The van der Waals surface area contributed by atoms with Crippen LogP contribution in [0.2, 0.25) is 0 Å². The SMILES string of the molecule is O=C(NCl)c1ccc2c(c1)nc(Nc1cccc(C(F)(F)F)c1)c1nc(NC3CC3)ncc12. The first kappa shape index (κ1) is 21.2. The monoisotopic (exact) mass is 472 g/mol. The summed E-state index contributed by atoms with van der Waals surface area (Å²) in [6, 6.07) is 9.97. The van der Waals surface area contributed by atoms with Crippen LogP contribution in [0.25, 0.3) is 21.8 Å². The van der Waals surface area contributed by atoms with Gasteiger partial charge in [-0.05, 0) is 43.2 Å². The molecule has 0 unspecified atom stereocenters. The number of carbonyl (C=O) groups is 1. The molecule has 0 bridgehead atoms. The van der Waals surface area contributed by atoms with Gasteiger partial charge >= 0.3 is 6.18 Å². The summed E-state index contributed by atoms with van der Waals surface area (Å²) in [5.41, 5.74) is 0.559. The normalized spacial score (nSPS) is 13.8. The molecule has 7 nitrogen and oxygen atoms in total. The zero-order valence-electron chi connectivity index (χ0n) is 16.9. The molecule has 0 atom stereocenters. The van der Waals surface area contributed by atoms with Crippen LogP contribution in [0.1, 0.15) is 28.8 Å². The van der Waals surface area contributed by atoms with E-state index in [4.69, 9.17) is 11.8 Å². The van der Waals surface area contributed by atoms with Crippen LogP contribution in [0.15, 0.2) is 48.7 Å². The van der Waals surface area contributed by atoms with Gasteiger partial charge in [0.05, 0.1) is 11.1 Å². The quantitative estimate of drug-likeness (QED) is 0.266.